The Hall–Kier alpha value is -1.24. The van der Waals surface area contributed by atoms with Crippen LogP contribution in [0.1, 0.15) is 11.1 Å². The SMILES string of the molecule is Clc1ccc(CSc2nnc(SCc3cccc4ccccc34)s2)cc1Cl. The van der Waals surface area contributed by atoms with E-state index in [2.05, 4.69) is 52.7 Å². The molecule has 0 aliphatic rings. The summed E-state index contributed by atoms with van der Waals surface area (Å²) in [5.74, 6) is 1.67. The number of aromatic nitrogens is 2. The van der Waals surface area contributed by atoms with Crippen molar-refractivity contribution in [3.8, 4) is 0 Å². The zero-order chi connectivity index (χ0) is 18.6. The van der Waals surface area contributed by atoms with Gasteiger partial charge in [-0.2, -0.15) is 0 Å². The van der Waals surface area contributed by atoms with Crippen LogP contribution in [0, 0.1) is 0 Å². The molecule has 1 heterocycles. The molecule has 0 radical (unpaired) electrons. The van der Waals surface area contributed by atoms with Gasteiger partial charge in [0.15, 0.2) is 8.68 Å². The summed E-state index contributed by atoms with van der Waals surface area (Å²) in [4.78, 5) is 0. The van der Waals surface area contributed by atoms with E-state index in [-0.39, 0.29) is 0 Å². The second-order valence-corrected chi connectivity index (χ2v) is 10.0. The van der Waals surface area contributed by atoms with Crippen LogP contribution in [0.5, 0.6) is 0 Å². The fourth-order valence-electron chi connectivity index (χ4n) is 2.65. The molecule has 0 aliphatic carbocycles. The first kappa shape index (κ1) is 19.1. The third-order valence-corrected chi connectivity index (χ3v) is 8.01. The fraction of sp³-hybridized carbons (Fsp3) is 0.100. The van der Waals surface area contributed by atoms with E-state index < -0.39 is 0 Å². The van der Waals surface area contributed by atoms with Gasteiger partial charge in [0, 0.05) is 11.5 Å². The van der Waals surface area contributed by atoms with Gasteiger partial charge in [-0.3, -0.25) is 0 Å². The zero-order valence-electron chi connectivity index (χ0n) is 14.1. The van der Waals surface area contributed by atoms with Crippen LogP contribution in [0.3, 0.4) is 0 Å². The van der Waals surface area contributed by atoms with Gasteiger partial charge < -0.3 is 0 Å². The summed E-state index contributed by atoms with van der Waals surface area (Å²) in [5.41, 5.74) is 2.44. The van der Waals surface area contributed by atoms with Crippen LogP contribution in [0.2, 0.25) is 10.0 Å². The largest absolute Gasteiger partial charge is 0.175 e. The van der Waals surface area contributed by atoms with Crippen molar-refractivity contribution >= 4 is 68.8 Å². The van der Waals surface area contributed by atoms with E-state index >= 15 is 0 Å². The number of hydrogen-bond acceptors (Lipinski definition) is 5. The Kier molecular flexibility index (Phi) is 6.25. The van der Waals surface area contributed by atoms with Crippen LogP contribution in [0.4, 0.5) is 0 Å². The van der Waals surface area contributed by atoms with Gasteiger partial charge in [0.25, 0.3) is 0 Å². The Bertz CT molecular complexity index is 1080. The summed E-state index contributed by atoms with van der Waals surface area (Å²) in [5, 5.41) is 12.3. The normalized spacial score (nSPS) is 11.2. The molecule has 3 aromatic carbocycles. The molecular weight excluding hydrogens is 435 g/mol. The van der Waals surface area contributed by atoms with Crippen molar-refractivity contribution in [2.75, 3.05) is 0 Å². The van der Waals surface area contributed by atoms with Crippen LogP contribution >= 0.6 is 58.1 Å². The maximum Gasteiger partial charge on any atom is 0.175 e. The second kappa shape index (κ2) is 8.84. The number of thioether (sulfide) groups is 2. The lowest BCUT2D eigenvalue weighted by atomic mass is 10.1. The number of nitrogens with zero attached hydrogens (tertiary/aromatic N) is 2. The van der Waals surface area contributed by atoms with Crippen LogP contribution in [-0.2, 0) is 11.5 Å². The van der Waals surface area contributed by atoms with E-state index in [4.69, 9.17) is 23.2 Å². The molecule has 7 heteroatoms. The van der Waals surface area contributed by atoms with Crippen molar-refractivity contribution < 1.29 is 0 Å². The van der Waals surface area contributed by atoms with Gasteiger partial charge in [0.2, 0.25) is 0 Å². The first-order valence-corrected chi connectivity index (χ1v) is 11.7. The molecule has 4 rings (SSSR count). The maximum atomic E-state index is 6.07. The molecule has 0 unspecified atom stereocenters. The summed E-state index contributed by atoms with van der Waals surface area (Å²) in [7, 11) is 0. The van der Waals surface area contributed by atoms with Crippen molar-refractivity contribution in [3.63, 3.8) is 0 Å². The van der Waals surface area contributed by atoms with Gasteiger partial charge in [-0.05, 0) is 34.0 Å². The van der Waals surface area contributed by atoms with Crippen LogP contribution < -0.4 is 0 Å². The summed E-state index contributed by atoms with van der Waals surface area (Å²) in [6, 6.07) is 20.6. The summed E-state index contributed by atoms with van der Waals surface area (Å²) >= 11 is 17.1. The number of halogens is 2. The highest BCUT2D eigenvalue weighted by molar-refractivity contribution is 8.02. The minimum Gasteiger partial charge on any atom is -0.131 e. The molecule has 0 aliphatic heterocycles. The molecule has 0 fully saturated rings. The molecule has 4 aromatic rings. The average Bonchev–Trinajstić information content (AvgIpc) is 3.15. The molecular formula is C20H14Cl2N2S3. The second-order valence-electron chi connectivity index (χ2n) is 5.80. The van der Waals surface area contributed by atoms with E-state index in [1.54, 1.807) is 34.9 Å². The third-order valence-electron chi connectivity index (χ3n) is 3.97. The van der Waals surface area contributed by atoms with Gasteiger partial charge in [-0.25, -0.2) is 0 Å². The molecule has 0 saturated heterocycles. The molecule has 0 atom stereocenters. The molecule has 0 saturated carbocycles. The first-order valence-electron chi connectivity index (χ1n) is 8.19. The van der Waals surface area contributed by atoms with E-state index in [1.807, 2.05) is 18.2 Å². The van der Waals surface area contributed by atoms with Crippen LogP contribution in [0.15, 0.2) is 69.3 Å². The highest BCUT2D eigenvalue weighted by Gasteiger charge is 2.08. The zero-order valence-corrected chi connectivity index (χ0v) is 18.0. The number of benzene rings is 3. The van der Waals surface area contributed by atoms with Gasteiger partial charge in [0.1, 0.15) is 0 Å². The highest BCUT2D eigenvalue weighted by Crippen LogP contribution is 2.34. The Balaban J connectivity index is 1.38. The lowest BCUT2D eigenvalue weighted by Gasteiger charge is -2.04. The topological polar surface area (TPSA) is 25.8 Å². The molecule has 136 valence electrons. The van der Waals surface area contributed by atoms with Crippen molar-refractivity contribution in [2.24, 2.45) is 0 Å². The third kappa shape index (κ3) is 4.79. The van der Waals surface area contributed by atoms with Gasteiger partial charge in [-0.15, -0.1) is 10.2 Å². The number of fused-ring (bicyclic) bond motifs is 1. The van der Waals surface area contributed by atoms with Crippen molar-refractivity contribution in [2.45, 2.75) is 20.2 Å². The summed E-state index contributed by atoms with van der Waals surface area (Å²) < 4.78 is 1.95. The molecule has 0 spiro atoms. The lowest BCUT2D eigenvalue weighted by Crippen LogP contribution is -1.83. The molecule has 0 bridgehead atoms. The summed E-state index contributed by atoms with van der Waals surface area (Å²) in [6.07, 6.45) is 0. The monoisotopic (exact) mass is 448 g/mol. The van der Waals surface area contributed by atoms with E-state index in [0.29, 0.717) is 10.0 Å². The Morgan fingerprint density at radius 2 is 1.52 bits per heavy atom. The number of hydrogen-bond donors (Lipinski definition) is 0. The predicted molar refractivity (Wildman–Crippen MR) is 119 cm³/mol. The quantitative estimate of drug-likeness (QED) is 0.283. The fourth-order valence-corrected chi connectivity index (χ4v) is 5.93. The summed E-state index contributed by atoms with van der Waals surface area (Å²) in [6.45, 7) is 0. The van der Waals surface area contributed by atoms with Crippen molar-refractivity contribution in [1.82, 2.24) is 10.2 Å². The Morgan fingerprint density at radius 3 is 2.33 bits per heavy atom. The molecule has 2 nitrogen and oxygen atoms in total. The van der Waals surface area contributed by atoms with Crippen LogP contribution in [0.25, 0.3) is 10.8 Å². The smallest absolute Gasteiger partial charge is 0.131 e. The maximum absolute atomic E-state index is 6.07. The number of rotatable bonds is 6. The first-order chi connectivity index (χ1) is 13.2. The van der Waals surface area contributed by atoms with E-state index in [9.17, 15) is 0 Å². The minimum absolute atomic E-state index is 0.577. The van der Waals surface area contributed by atoms with Gasteiger partial charge in [-0.1, -0.05) is 107 Å². The molecule has 1 aromatic heterocycles. The highest BCUT2D eigenvalue weighted by atomic mass is 35.5. The molecule has 0 amide bonds. The van der Waals surface area contributed by atoms with Crippen molar-refractivity contribution in [1.29, 1.82) is 0 Å². The van der Waals surface area contributed by atoms with Crippen LogP contribution in [-0.4, -0.2) is 10.2 Å². The molecule has 0 N–H and O–H groups in total. The van der Waals surface area contributed by atoms with E-state index in [0.717, 1.165) is 25.7 Å². The lowest BCUT2D eigenvalue weighted by molar-refractivity contribution is 0.954. The van der Waals surface area contributed by atoms with Crippen molar-refractivity contribution in [3.05, 3.63) is 81.8 Å². The Morgan fingerprint density at radius 1 is 0.778 bits per heavy atom. The van der Waals surface area contributed by atoms with E-state index in [1.165, 1.54) is 16.3 Å². The average molecular weight is 449 g/mol. The predicted octanol–water partition coefficient (Wildman–Crippen LogP) is 7.58. The minimum atomic E-state index is 0.577. The van der Waals surface area contributed by atoms with Gasteiger partial charge >= 0.3 is 0 Å². The molecule has 27 heavy (non-hydrogen) atoms. The Labute approximate surface area is 180 Å². The van der Waals surface area contributed by atoms with Gasteiger partial charge in [0.05, 0.1) is 10.0 Å². The standard InChI is InChI=1S/C20H14Cl2N2S3/c21-17-9-8-13(10-18(17)22)11-25-19-23-24-20(27-19)26-12-15-6-3-5-14-4-1-2-7-16(14)15/h1-10H,11-12H2.